The lowest BCUT2D eigenvalue weighted by Crippen LogP contribution is -2.52. The maximum atomic E-state index is 12.2. The first-order chi connectivity index (χ1) is 8.32. The molecule has 0 aromatic carbocycles. The molecular formula is C10H17NO6S. The number of sulfonamides is 1. The van der Waals surface area contributed by atoms with Crippen molar-refractivity contribution in [2.45, 2.75) is 37.5 Å². The van der Waals surface area contributed by atoms with Gasteiger partial charge in [-0.2, -0.15) is 4.31 Å². The molecule has 1 aliphatic rings. The van der Waals surface area contributed by atoms with Crippen LogP contribution < -0.4 is 0 Å². The molecule has 0 aliphatic carbocycles. The van der Waals surface area contributed by atoms with E-state index < -0.39 is 33.3 Å². The topological polar surface area (TPSA) is 101 Å². The van der Waals surface area contributed by atoms with Crippen molar-refractivity contribution in [1.29, 1.82) is 0 Å². The molecule has 8 heteroatoms. The molecule has 0 spiro atoms. The molecule has 0 aromatic heterocycles. The Morgan fingerprint density at radius 3 is 2.50 bits per heavy atom. The molecule has 0 radical (unpaired) electrons. The number of methoxy groups -OCH3 is 1. The molecule has 1 rings (SSSR count). The molecule has 0 bridgehead atoms. The fourth-order valence-corrected chi connectivity index (χ4v) is 3.63. The number of carboxylic acids is 1. The molecule has 1 aliphatic heterocycles. The Labute approximate surface area is 106 Å². The highest BCUT2D eigenvalue weighted by atomic mass is 32.2. The summed E-state index contributed by atoms with van der Waals surface area (Å²) in [5.41, 5.74) is 0. The molecule has 104 valence electrons. The number of rotatable bonds is 4. The first-order valence-electron chi connectivity index (χ1n) is 5.63. The Balaban J connectivity index is 3.01. The Morgan fingerprint density at radius 2 is 2.00 bits per heavy atom. The molecule has 1 heterocycles. The predicted molar refractivity (Wildman–Crippen MR) is 62.4 cm³/mol. The summed E-state index contributed by atoms with van der Waals surface area (Å²) in [4.78, 5) is 22.4. The Morgan fingerprint density at radius 1 is 1.39 bits per heavy atom. The molecule has 0 amide bonds. The number of carboxylic acid groups (broad SMARTS) is 1. The number of nitrogens with zero attached hydrogens (tertiary/aromatic N) is 1. The van der Waals surface area contributed by atoms with Crippen LogP contribution in [0.5, 0.6) is 0 Å². The highest BCUT2D eigenvalue weighted by molar-refractivity contribution is 7.90. The van der Waals surface area contributed by atoms with Gasteiger partial charge in [-0.1, -0.05) is 0 Å². The average Bonchev–Trinajstić information content (AvgIpc) is 2.36. The van der Waals surface area contributed by atoms with Crippen LogP contribution in [0.4, 0.5) is 0 Å². The van der Waals surface area contributed by atoms with Gasteiger partial charge in [0.05, 0.1) is 7.11 Å². The van der Waals surface area contributed by atoms with Crippen LogP contribution in [-0.4, -0.2) is 54.7 Å². The van der Waals surface area contributed by atoms with E-state index in [1.54, 1.807) is 0 Å². The summed E-state index contributed by atoms with van der Waals surface area (Å²) in [5, 5.41) is 7.64. The summed E-state index contributed by atoms with van der Waals surface area (Å²) in [6.07, 6.45) is 1.52. The molecule has 1 fully saturated rings. The van der Waals surface area contributed by atoms with E-state index in [2.05, 4.69) is 4.74 Å². The number of hydrogen-bond donors (Lipinski definition) is 1. The van der Waals surface area contributed by atoms with Gasteiger partial charge in [0.1, 0.15) is 6.04 Å². The monoisotopic (exact) mass is 279 g/mol. The van der Waals surface area contributed by atoms with Gasteiger partial charge in [0.2, 0.25) is 10.0 Å². The minimum Gasteiger partial charge on any atom is -0.480 e. The van der Waals surface area contributed by atoms with E-state index in [1.165, 1.54) is 6.92 Å². The molecule has 0 aromatic rings. The van der Waals surface area contributed by atoms with Crippen molar-refractivity contribution in [3.8, 4) is 0 Å². The van der Waals surface area contributed by atoms with E-state index in [0.717, 1.165) is 11.4 Å². The van der Waals surface area contributed by atoms with Crippen LogP contribution in [0.15, 0.2) is 0 Å². The number of ether oxygens (including phenoxy) is 1. The highest BCUT2D eigenvalue weighted by Crippen LogP contribution is 2.23. The minimum absolute atomic E-state index is 0.126. The quantitative estimate of drug-likeness (QED) is 0.716. The normalized spacial score (nSPS) is 23.3. The van der Waals surface area contributed by atoms with Gasteiger partial charge in [-0.15, -0.1) is 0 Å². The summed E-state index contributed by atoms with van der Waals surface area (Å²) < 4.78 is 29.6. The van der Waals surface area contributed by atoms with Crippen LogP contribution >= 0.6 is 0 Å². The Kier molecular flexibility index (Phi) is 4.69. The van der Waals surface area contributed by atoms with Gasteiger partial charge in [-0.05, 0) is 26.2 Å². The maximum absolute atomic E-state index is 12.2. The lowest BCUT2D eigenvalue weighted by atomic mass is 10.1. The van der Waals surface area contributed by atoms with Gasteiger partial charge in [0, 0.05) is 6.54 Å². The van der Waals surface area contributed by atoms with Crippen molar-refractivity contribution in [3.63, 3.8) is 0 Å². The first-order valence-corrected chi connectivity index (χ1v) is 7.14. The Hall–Kier alpha value is -1.15. The summed E-state index contributed by atoms with van der Waals surface area (Å²) >= 11 is 0. The number of aliphatic carboxylic acids is 1. The third-order valence-corrected chi connectivity index (χ3v) is 5.22. The van der Waals surface area contributed by atoms with Crippen molar-refractivity contribution < 1.29 is 27.9 Å². The number of esters is 1. The van der Waals surface area contributed by atoms with Crippen molar-refractivity contribution in [1.82, 2.24) is 4.31 Å². The van der Waals surface area contributed by atoms with E-state index >= 15 is 0 Å². The zero-order valence-electron chi connectivity index (χ0n) is 10.3. The molecular weight excluding hydrogens is 262 g/mol. The van der Waals surface area contributed by atoms with Crippen LogP contribution in [0.2, 0.25) is 0 Å². The zero-order chi connectivity index (χ0) is 13.9. The molecule has 0 saturated carbocycles. The van der Waals surface area contributed by atoms with Crippen LogP contribution in [0.25, 0.3) is 0 Å². The fourth-order valence-electron chi connectivity index (χ4n) is 1.95. The smallest absolute Gasteiger partial charge is 0.325 e. The van der Waals surface area contributed by atoms with Gasteiger partial charge in [0.15, 0.2) is 5.25 Å². The second-order valence-electron chi connectivity index (χ2n) is 4.17. The second kappa shape index (κ2) is 5.66. The number of carbonyl (C=O) groups is 2. The average molecular weight is 279 g/mol. The van der Waals surface area contributed by atoms with Crippen molar-refractivity contribution in [3.05, 3.63) is 0 Å². The molecule has 1 unspecified atom stereocenters. The molecule has 1 saturated heterocycles. The lowest BCUT2D eigenvalue weighted by Gasteiger charge is -2.33. The lowest BCUT2D eigenvalue weighted by molar-refractivity contribution is -0.143. The summed E-state index contributed by atoms with van der Waals surface area (Å²) in [6, 6.07) is -1.09. The second-order valence-corrected chi connectivity index (χ2v) is 6.38. The summed E-state index contributed by atoms with van der Waals surface area (Å²) in [7, 11) is -2.89. The van der Waals surface area contributed by atoms with Crippen molar-refractivity contribution in [2.75, 3.05) is 13.7 Å². The highest BCUT2D eigenvalue weighted by Gasteiger charge is 2.42. The number of hydrogen-bond acceptors (Lipinski definition) is 5. The summed E-state index contributed by atoms with van der Waals surface area (Å²) in [5.74, 6) is -2.07. The fraction of sp³-hybridized carbons (Fsp3) is 0.800. The summed E-state index contributed by atoms with van der Waals surface area (Å²) in [6.45, 7) is 1.33. The van der Waals surface area contributed by atoms with E-state index in [9.17, 15) is 18.0 Å². The first kappa shape index (κ1) is 14.9. The van der Waals surface area contributed by atoms with Gasteiger partial charge in [-0.25, -0.2) is 8.42 Å². The molecule has 1 N–H and O–H groups in total. The predicted octanol–water partition coefficient (Wildman–Crippen LogP) is -0.183. The minimum atomic E-state index is -3.99. The van der Waals surface area contributed by atoms with Gasteiger partial charge < -0.3 is 9.84 Å². The van der Waals surface area contributed by atoms with Crippen molar-refractivity contribution >= 4 is 22.0 Å². The third kappa shape index (κ3) is 2.81. The molecule has 18 heavy (non-hydrogen) atoms. The zero-order valence-corrected chi connectivity index (χ0v) is 11.1. The Bertz CT molecular complexity index is 432. The number of piperidine rings is 1. The maximum Gasteiger partial charge on any atom is 0.325 e. The van der Waals surface area contributed by atoms with Crippen LogP contribution in [0.1, 0.15) is 26.2 Å². The van der Waals surface area contributed by atoms with Crippen LogP contribution in [0, 0.1) is 0 Å². The van der Waals surface area contributed by atoms with E-state index in [1.807, 2.05) is 0 Å². The van der Waals surface area contributed by atoms with E-state index in [0.29, 0.717) is 12.8 Å². The SMILES string of the molecule is COC(=O)C(C)S(=O)(=O)N1CCCC[C@H]1C(=O)O. The number of carbonyl (C=O) groups excluding carboxylic acids is 1. The van der Waals surface area contributed by atoms with E-state index in [4.69, 9.17) is 5.11 Å². The van der Waals surface area contributed by atoms with Gasteiger partial charge in [0.25, 0.3) is 0 Å². The van der Waals surface area contributed by atoms with Crippen molar-refractivity contribution in [2.24, 2.45) is 0 Å². The molecule has 2 atom stereocenters. The third-order valence-electron chi connectivity index (χ3n) is 3.05. The largest absolute Gasteiger partial charge is 0.480 e. The van der Waals surface area contributed by atoms with Crippen LogP contribution in [0.3, 0.4) is 0 Å². The van der Waals surface area contributed by atoms with Gasteiger partial charge in [-0.3, -0.25) is 9.59 Å². The van der Waals surface area contributed by atoms with Gasteiger partial charge >= 0.3 is 11.9 Å². The van der Waals surface area contributed by atoms with Crippen LogP contribution in [-0.2, 0) is 24.3 Å². The molecule has 7 nitrogen and oxygen atoms in total. The van der Waals surface area contributed by atoms with E-state index in [-0.39, 0.29) is 13.0 Å². The standard InChI is InChI=1S/C10H17NO6S/c1-7(10(14)17-2)18(15,16)11-6-4-3-5-8(11)9(12)13/h7-8H,3-6H2,1-2H3,(H,12,13)/t7?,8-/m0/s1.